The SMILES string of the molecule is C=CCOc1cccc(C[C@H](NC(=O)OC(C)(C)C)[C@H](O)CN(C(=O)OCc2ccccc2)C2(c3cc(C(C)C)ccn3)CC2)c1. The molecule has 246 valence electrons. The van der Waals surface area contributed by atoms with E-state index in [4.69, 9.17) is 14.2 Å². The van der Waals surface area contributed by atoms with Crippen LogP contribution < -0.4 is 10.1 Å². The van der Waals surface area contributed by atoms with Crippen LogP contribution in [0.15, 0.2) is 85.6 Å². The van der Waals surface area contributed by atoms with Gasteiger partial charge >= 0.3 is 12.2 Å². The van der Waals surface area contributed by atoms with Crippen LogP contribution >= 0.6 is 0 Å². The van der Waals surface area contributed by atoms with Gasteiger partial charge in [-0.15, -0.1) is 0 Å². The van der Waals surface area contributed by atoms with Gasteiger partial charge in [0, 0.05) is 6.20 Å². The van der Waals surface area contributed by atoms with Crippen molar-refractivity contribution in [3.8, 4) is 5.75 Å². The maximum absolute atomic E-state index is 13.9. The van der Waals surface area contributed by atoms with Gasteiger partial charge < -0.3 is 24.6 Å². The van der Waals surface area contributed by atoms with Gasteiger partial charge in [-0.1, -0.05) is 69.0 Å². The van der Waals surface area contributed by atoms with E-state index in [1.807, 2.05) is 66.7 Å². The van der Waals surface area contributed by atoms with Crippen molar-refractivity contribution in [2.24, 2.45) is 0 Å². The Balaban J connectivity index is 1.64. The quantitative estimate of drug-likeness (QED) is 0.187. The molecule has 1 aliphatic rings. The third-order valence-electron chi connectivity index (χ3n) is 7.85. The molecule has 2 N–H and O–H groups in total. The minimum atomic E-state index is -1.18. The fourth-order valence-corrected chi connectivity index (χ4v) is 5.29. The zero-order valence-electron chi connectivity index (χ0n) is 27.6. The van der Waals surface area contributed by atoms with Gasteiger partial charge in [-0.2, -0.15) is 0 Å². The third-order valence-corrected chi connectivity index (χ3v) is 7.85. The van der Waals surface area contributed by atoms with Crippen LogP contribution in [0.1, 0.15) is 75.8 Å². The van der Waals surface area contributed by atoms with E-state index >= 15 is 0 Å². The summed E-state index contributed by atoms with van der Waals surface area (Å²) >= 11 is 0. The van der Waals surface area contributed by atoms with Crippen molar-refractivity contribution in [3.63, 3.8) is 0 Å². The van der Waals surface area contributed by atoms with Crippen LogP contribution in [0.25, 0.3) is 0 Å². The summed E-state index contributed by atoms with van der Waals surface area (Å²) in [6, 6.07) is 20.1. The first-order valence-electron chi connectivity index (χ1n) is 15.8. The molecular weight excluding hydrogens is 582 g/mol. The number of hydrogen-bond donors (Lipinski definition) is 2. The number of alkyl carbamates (subject to hydrolysis) is 1. The fraction of sp³-hybridized carbons (Fsp3) is 0.432. The molecule has 1 aromatic heterocycles. The topological polar surface area (TPSA) is 110 Å². The van der Waals surface area contributed by atoms with Crippen molar-refractivity contribution in [3.05, 3.63) is 108 Å². The maximum atomic E-state index is 13.9. The molecule has 0 spiro atoms. The number of ether oxygens (including phenoxy) is 3. The molecule has 0 saturated heterocycles. The molecule has 0 radical (unpaired) electrons. The number of hydrogen-bond acceptors (Lipinski definition) is 7. The molecule has 0 bridgehead atoms. The molecule has 3 aromatic rings. The molecule has 9 heteroatoms. The second-order valence-electron chi connectivity index (χ2n) is 13.1. The highest BCUT2D eigenvalue weighted by molar-refractivity contribution is 5.70. The highest BCUT2D eigenvalue weighted by atomic mass is 16.6. The number of nitrogens with zero attached hydrogens (tertiary/aromatic N) is 2. The van der Waals surface area contributed by atoms with E-state index in [1.165, 1.54) is 0 Å². The Morgan fingerprint density at radius 3 is 2.43 bits per heavy atom. The molecule has 1 saturated carbocycles. The third kappa shape index (κ3) is 9.57. The van der Waals surface area contributed by atoms with Crippen molar-refractivity contribution < 1.29 is 28.9 Å². The molecule has 4 rings (SSSR count). The number of nitrogens with one attached hydrogen (secondary N) is 1. The number of pyridine rings is 1. The zero-order valence-corrected chi connectivity index (χ0v) is 27.6. The number of aromatic nitrogens is 1. The van der Waals surface area contributed by atoms with Gasteiger partial charge in [0.2, 0.25) is 0 Å². The van der Waals surface area contributed by atoms with E-state index < -0.39 is 35.5 Å². The molecule has 0 unspecified atom stereocenters. The van der Waals surface area contributed by atoms with Crippen molar-refractivity contribution in [2.45, 2.75) is 89.7 Å². The van der Waals surface area contributed by atoms with Gasteiger partial charge in [0.25, 0.3) is 0 Å². The van der Waals surface area contributed by atoms with E-state index in [0.717, 1.165) is 22.4 Å². The first-order valence-corrected chi connectivity index (χ1v) is 15.8. The van der Waals surface area contributed by atoms with Gasteiger partial charge in [0.1, 0.15) is 24.6 Å². The number of rotatable bonds is 14. The van der Waals surface area contributed by atoms with Crippen LogP contribution in [0.5, 0.6) is 5.75 Å². The lowest BCUT2D eigenvalue weighted by Crippen LogP contribution is -2.53. The predicted octanol–water partition coefficient (Wildman–Crippen LogP) is 6.89. The average Bonchev–Trinajstić information content (AvgIpc) is 3.83. The van der Waals surface area contributed by atoms with Crippen molar-refractivity contribution in [1.82, 2.24) is 15.2 Å². The van der Waals surface area contributed by atoms with E-state index in [1.54, 1.807) is 37.9 Å². The largest absolute Gasteiger partial charge is 0.490 e. The summed E-state index contributed by atoms with van der Waals surface area (Å²) in [4.78, 5) is 33.1. The molecule has 46 heavy (non-hydrogen) atoms. The Morgan fingerprint density at radius 1 is 1.07 bits per heavy atom. The minimum Gasteiger partial charge on any atom is -0.490 e. The second kappa shape index (κ2) is 15.3. The molecule has 1 heterocycles. The van der Waals surface area contributed by atoms with Gasteiger partial charge in [-0.25, -0.2) is 9.59 Å². The van der Waals surface area contributed by atoms with Crippen molar-refractivity contribution in [1.29, 1.82) is 0 Å². The highest BCUT2D eigenvalue weighted by Gasteiger charge is 2.54. The lowest BCUT2D eigenvalue weighted by molar-refractivity contribution is 0.0225. The van der Waals surface area contributed by atoms with E-state index in [9.17, 15) is 14.7 Å². The molecule has 1 fully saturated rings. The normalized spacial score (nSPS) is 14.9. The maximum Gasteiger partial charge on any atom is 0.410 e. The molecule has 2 amide bonds. The zero-order chi connectivity index (χ0) is 33.3. The Labute approximate surface area is 272 Å². The van der Waals surface area contributed by atoms with Crippen molar-refractivity contribution >= 4 is 12.2 Å². The number of aliphatic hydroxyl groups excluding tert-OH is 1. The van der Waals surface area contributed by atoms with E-state index in [2.05, 4.69) is 30.7 Å². The monoisotopic (exact) mass is 629 g/mol. The van der Waals surface area contributed by atoms with E-state index in [-0.39, 0.29) is 25.5 Å². The molecule has 9 nitrogen and oxygen atoms in total. The van der Waals surface area contributed by atoms with Crippen LogP contribution in [0.2, 0.25) is 0 Å². The van der Waals surface area contributed by atoms with Gasteiger partial charge in [0.15, 0.2) is 0 Å². The number of amides is 2. The van der Waals surface area contributed by atoms with Crippen LogP contribution in [-0.4, -0.2) is 58.1 Å². The number of aliphatic hydroxyl groups is 1. The van der Waals surface area contributed by atoms with Crippen LogP contribution in [0.3, 0.4) is 0 Å². The number of benzene rings is 2. The lowest BCUT2D eigenvalue weighted by Gasteiger charge is -2.35. The summed E-state index contributed by atoms with van der Waals surface area (Å²) in [5.41, 5.74) is 2.06. The molecule has 2 atom stereocenters. The molecule has 1 aliphatic carbocycles. The van der Waals surface area contributed by atoms with Crippen LogP contribution in [0.4, 0.5) is 9.59 Å². The Kier molecular flexibility index (Phi) is 11.5. The van der Waals surface area contributed by atoms with E-state index in [0.29, 0.717) is 25.2 Å². The van der Waals surface area contributed by atoms with Gasteiger partial charge in [0.05, 0.1) is 29.9 Å². The summed E-state index contributed by atoms with van der Waals surface area (Å²) in [7, 11) is 0. The Morgan fingerprint density at radius 2 is 1.78 bits per heavy atom. The average molecular weight is 630 g/mol. The number of carbonyl (C=O) groups excluding carboxylic acids is 2. The standard InChI is InChI=1S/C37H47N3O6/c1-7-20-44-30-15-11-14-28(21-30)22-31(39-34(42)46-36(4,5)6)32(41)24-40(35(43)45-25-27-12-9-8-10-13-27)37(17-18-37)33-23-29(26(2)3)16-19-38-33/h7-16,19,21,23,26,31-32,41H,1,17-18,20,22,24-25H2,2-6H3,(H,39,42)/t31-,32+/m0/s1. The summed E-state index contributed by atoms with van der Waals surface area (Å²) in [5, 5.41) is 14.7. The first-order chi connectivity index (χ1) is 21.9. The number of carbonyl (C=O) groups is 2. The minimum absolute atomic E-state index is 0.0822. The Hall–Kier alpha value is -4.37. The predicted molar refractivity (Wildman–Crippen MR) is 178 cm³/mol. The van der Waals surface area contributed by atoms with Crippen LogP contribution in [0, 0.1) is 0 Å². The first kappa shape index (κ1) is 34.5. The summed E-state index contributed by atoms with van der Waals surface area (Å²) in [6.07, 6.45) is 2.61. The molecule has 0 aliphatic heterocycles. The smallest absolute Gasteiger partial charge is 0.410 e. The lowest BCUT2D eigenvalue weighted by atomic mass is 9.98. The second-order valence-corrected chi connectivity index (χ2v) is 13.1. The fourth-order valence-electron chi connectivity index (χ4n) is 5.29. The summed E-state index contributed by atoms with van der Waals surface area (Å²) in [5.74, 6) is 0.914. The summed E-state index contributed by atoms with van der Waals surface area (Å²) in [6.45, 7) is 13.6. The molecular formula is C37H47N3O6. The summed E-state index contributed by atoms with van der Waals surface area (Å²) < 4.78 is 17.1. The highest BCUT2D eigenvalue weighted by Crippen LogP contribution is 2.51. The Bertz CT molecular complexity index is 1470. The van der Waals surface area contributed by atoms with Crippen molar-refractivity contribution in [2.75, 3.05) is 13.2 Å². The molecule has 2 aromatic carbocycles. The van der Waals surface area contributed by atoms with Crippen LogP contribution in [-0.2, 0) is 28.0 Å². The van der Waals surface area contributed by atoms with Gasteiger partial charge in [-0.05, 0) is 86.9 Å². The van der Waals surface area contributed by atoms with Gasteiger partial charge in [-0.3, -0.25) is 9.88 Å².